The summed E-state index contributed by atoms with van der Waals surface area (Å²) in [4.78, 5) is 17.0. The topological polar surface area (TPSA) is 23.6 Å². The predicted octanol–water partition coefficient (Wildman–Crippen LogP) is 3.05. The number of rotatable bonds is 6. The van der Waals surface area contributed by atoms with E-state index in [9.17, 15) is 4.79 Å². The highest BCUT2D eigenvalue weighted by atomic mass is 79.9. The van der Waals surface area contributed by atoms with Crippen molar-refractivity contribution in [2.75, 3.05) is 39.3 Å². The highest BCUT2D eigenvalue weighted by molar-refractivity contribution is 9.10. The molecule has 1 aliphatic heterocycles. The fraction of sp³-hybridized carbons (Fsp3) is 0.562. The molecule has 0 spiro atoms. The van der Waals surface area contributed by atoms with Crippen LogP contribution >= 0.6 is 15.9 Å². The Hall–Kier alpha value is -0.710. The van der Waals surface area contributed by atoms with Gasteiger partial charge in [-0.3, -0.25) is 4.79 Å². The lowest BCUT2D eigenvalue weighted by Gasteiger charge is -2.33. The Balaban J connectivity index is 1.68. The zero-order chi connectivity index (χ0) is 14.4. The molecule has 0 saturated carbocycles. The lowest BCUT2D eigenvalue weighted by molar-refractivity contribution is 0.0963. The van der Waals surface area contributed by atoms with Gasteiger partial charge < -0.3 is 9.80 Å². The maximum atomic E-state index is 12.1. The standard InChI is InChI=1S/C16H23BrN2O/c1-2-18-10-12-19(13-11-18)9-3-4-16(20)14-5-7-15(17)8-6-14/h5-8H,2-4,9-13H2,1H3. The molecule has 0 radical (unpaired) electrons. The van der Waals surface area contributed by atoms with E-state index in [2.05, 4.69) is 32.7 Å². The molecule has 110 valence electrons. The second-order valence-electron chi connectivity index (χ2n) is 5.31. The van der Waals surface area contributed by atoms with Gasteiger partial charge in [0.1, 0.15) is 0 Å². The Kier molecular flexibility index (Phi) is 6.20. The molecule has 0 N–H and O–H groups in total. The van der Waals surface area contributed by atoms with E-state index in [1.807, 2.05) is 24.3 Å². The fourth-order valence-electron chi connectivity index (χ4n) is 2.57. The van der Waals surface area contributed by atoms with Crippen LogP contribution in [0, 0.1) is 0 Å². The first-order valence-corrected chi connectivity index (χ1v) is 8.22. The molecule has 4 heteroatoms. The molecule has 1 saturated heterocycles. The van der Waals surface area contributed by atoms with Gasteiger partial charge >= 0.3 is 0 Å². The van der Waals surface area contributed by atoms with Crippen LogP contribution in [0.1, 0.15) is 30.1 Å². The van der Waals surface area contributed by atoms with Crippen molar-refractivity contribution in [2.24, 2.45) is 0 Å². The molecule has 1 aliphatic rings. The zero-order valence-electron chi connectivity index (χ0n) is 12.1. The summed E-state index contributed by atoms with van der Waals surface area (Å²) < 4.78 is 1.02. The van der Waals surface area contributed by atoms with Gasteiger partial charge in [-0.1, -0.05) is 35.0 Å². The van der Waals surface area contributed by atoms with Gasteiger partial charge in [0.2, 0.25) is 0 Å². The maximum absolute atomic E-state index is 12.1. The minimum absolute atomic E-state index is 0.254. The number of carbonyl (C=O) groups is 1. The van der Waals surface area contributed by atoms with Crippen LogP contribution < -0.4 is 0 Å². The van der Waals surface area contributed by atoms with Crippen LogP contribution in [-0.4, -0.2) is 54.9 Å². The van der Waals surface area contributed by atoms with Crippen molar-refractivity contribution in [1.29, 1.82) is 0 Å². The molecular weight excluding hydrogens is 316 g/mol. The maximum Gasteiger partial charge on any atom is 0.162 e. The number of hydrogen-bond donors (Lipinski definition) is 0. The molecular formula is C16H23BrN2O. The molecule has 20 heavy (non-hydrogen) atoms. The van der Waals surface area contributed by atoms with E-state index >= 15 is 0 Å². The van der Waals surface area contributed by atoms with E-state index in [1.165, 1.54) is 0 Å². The largest absolute Gasteiger partial charge is 0.301 e. The van der Waals surface area contributed by atoms with Gasteiger partial charge in [-0.05, 0) is 31.6 Å². The number of piperazine rings is 1. The molecule has 3 nitrogen and oxygen atoms in total. The average Bonchev–Trinajstić information content (AvgIpc) is 2.48. The molecule has 2 rings (SSSR count). The summed E-state index contributed by atoms with van der Waals surface area (Å²) in [6.07, 6.45) is 1.61. The van der Waals surface area contributed by atoms with Crippen molar-refractivity contribution in [3.8, 4) is 0 Å². The van der Waals surface area contributed by atoms with Crippen LogP contribution in [0.25, 0.3) is 0 Å². The molecule has 1 fully saturated rings. The number of carbonyl (C=O) groups excluding carboxylic acids is 1. The molecule has 1 heterocycles. The lowest BCUT2D eigenvalue weighted by atomic mass is 10.1. The van der Waals surface area contributed by atoms with Crippen molar-refractivity contribution >= 4 is 21.7 Å². The third-order valence-corrected chi connectivity index (χ3v) is 4.49. The van der Waals surface area contributed by atoms with Crippen LogP contribution in [0.3, 0.4) is 0 Å². The second-order valence-corrected chi connectivity index (χ2v) is 6.23. The zero-order valence-corrected chi connectivity index (χ0v) is 13.7. The summed E-state index contributed by atoms with van der Waals surface area (Å²) in [7, 11) is 0. The molecule has 0 amide bonds. The lowest BCUT2D eigenvalue weighted by Crippen LogP contribution is -2.46. The van der Waals surface area contributed by atoms with E-state index in [-0.39, 0.29) is 5.78 Å². The Labute approximate surface area is 130 Å². The third kappa shape index (κ3) is 4.69. The monoisotopic (exact) mass is 338 g/mol. The minimum Gasteiger partial charge on any atom is -0.301 e. The molecule has 1 aromatic carbocycles. The minimum atomic E-state index is 0.254. The number of Topliss-reactive ketones (excluding diaryl/α,β-unsaturated/α-hetero) is 1. The number of ketones is 1. The number of hydrogen-bond acceptors (Lipinski definition) is 3. The Morgan fingerprint density at radius 2 is 1.70 bits per heavy atom. The van der Waals surface area contributed by atoms with Gasteiger partial charge in [0.25, 0.3) is 0 Å². The van der Waals surface area contributed by atoms with Crippen molar-refractivity contribution in [3.05, 3.63) is 34.3 Å². The number of likely N-dealkylation sites (N-methyl/N-ethyl adjacent to an activating group) is 1. The summed E-state index contributed by atoms with van der Waals surface area (Å²) in [5.41, 5.74) is 0.823. The summed E-state index contributed by atoms with van der Waals surface area (Å²) in [6.45, 7) is 9.01. The molecule has 0 unspecified atom stereocenters. The number of halogens is 1. The number of benzene rings is 1. The summed E-state index contributed by atoms with van der Waals surface area (Å²) in [6, 6.07) is 7.65. The summed E-state index contributed by atoms with van der Waals surface area (Å²) in [5, 5.41) is 0. The first kappa shape index (κ1) is 15.7. The Morgan fingerprint density at radius 1 is 1.10 bits per heavy atom. The van der Waals surface area contributed by atoms with Crippen molar-refractivity contribution in [3.63, 3.8) is 0 Å². The van der Waals surface area contributed by atoms with Gasteiger partial charge in [-0.15, -0.1) is 0 Å². The summed E-state index contributed by atoms with van der Waals surface area (Å²) >= 11 is 3.39. The first-order valence-electron chi connectivity index (χ1n) is 7.42. The Bertz CT molecular complexity index is 425. The van der Waals surface area contributed by atoms with E-state index in [1.54, 1.807) is 0 Å². The van der Waals surface area contributed by atoms with Crippen molar-refractivity contribution < 1.29 is 4.79 Å². The highest BCUT2D eigenvalue weighted by Crippen LogP contribution is 2.13. The van der Waals surface area contributed by atoms with Crippen molar-refractivity contribution in [2.45, 2.75) is 19.8 Å². The molecule has 0 aromatic heterocycles. The fourth-order valence-corrected chi connectivity index (χ4v) is 2.84. The molecule has 0 atom stereocenters. The molecule has 0 bridgehead atoms. The summed E-state index contributed by atoms with van der Waals surface area (Å²) in [5.74, 6) is 0.254. The predicted molar refractivity (Wildman–Crippen MR) is 86.3 cm³/mol. The van der Waals surface area contributed by atoms with Gasteiger partial charge in [-0.25, -0.2) is 0 Å². The molecule has 0 aliphatic carbocycles. The van der Waals surface area contributed by atoms with Crippen LogP contribution in [0.5, 0.6) is 0 Å². The third-order valence-electron chi connectivity index (χ3n) is 3.96. The van der Waals surface area contributed by atoms with Gasteiger partial charge in [0, 0.05) is 42.6 Å². The van der Waals surface area contributed by atoms with Gasteiger partial charge in [0.15, 0.2) is 5.78 Å². The normalized spacial score (nSPS) is 17.3. The first-order chi connectivity index (χ1) is 9.69. The van der Waals surface area contributed by atoms with Crippen LogP contribution in [0.2, 0.25) is 0 Å². The van der Waals surface area contributed by atoms with Crippen LogP contribution in [0.15, 0.2) is 28.7 Å². The van der Waals surface area contributed by atoms with Crippen LogP contribution in [0.4, 0.5) is 0 Å². The van der Waals surface area contributed by atoms with Crippen molar-refractivity contribution in [1.82, 2.24) is 9.80 Å². The Morgan fingerprint density at radius 3 is 2.30 bits per heavy atom. The number of nitrogens with zero attached hydrogens (tertiary/aromatic N) is 2. The average molecular weight is 339 g/mol. The van der Waals surface area contributed by atoms with E-state index in [4.69, 9.17) is 0 Å². The second kappa shape index (κ2) is 7.91. The van der Waals surface area contributed by atoms with E-state index in [0.29, 0.717) is 6.42 Å². The quantitative estimate of drug-likeness (QED) is 0.745. The van der Waals surface area contributed by atoms with Gasteiger partial charge in [0.05, 0.1) is 0 Å². The highest BCUT2D eigenvalue weighted by Gasteiger charge is 2.15. The van der Waals surface area contributed by atoms with E-state index in [0.717, 1.165) is 55.7 Å². The smallest absolute Gasteiger partial charge is 0.162 e. The van der Waals surface area contributed by atoms with Crippen LogP contribution in [-0.2, 0) is 0 Å². The van der Waals surface area contributed by atoms with Gasteiger partial charge in [-0.2, -0.15) is 0 Å². The SMILES string of the molecule is CCN1CCN(CCCC(=O)c2ccc(Br)cc2)CC1. The molecule has 1 aromatic rings. The van der Waals surface area contributed by atoms with E-state index < -0.39 is 0 Å².